The third-order valence-corrected chi connectivity index (χ3v) is 3.63. The van der Waals surface area contributed by atoms with Gasteiger partial charge in [0.1, 0.15) is 5.69 Å². The van der Waals surface area contributed by atoms with Crippen LogP contribution in [0.25, 0.3) is 0 Å². The molecule has 5 nitrogen and oxygen atoms in total. The fraction of sp³-hybridized carbons (Fsp3) is 0.643. The molecule has 0 aliphatic heterocycles. The number of esters is 1. The summed E-state index contributed by atoms with van der Waals surface area (Å²) in [5.74, 6) is -0.144. The molecule has 1 heterocycles. The number of aromatic amines is 1. The van der Waals surface area contributed by atoms with Gasteiger partial charge in [-0.05, 0) is 24.5 Å². The lowest BCUT2D eigenvalue weighted by Gasteiger charge is -2.29. The van der Waals surface area contributed by atoms with Crippen LogP contribution in [0.15, 0.2) is 12.3 Å². The molecule has 0 aliphatic carbocycles. The van der Waals surface area contributed by atoms with Gasteiger partial charge in [0, 0.05) is 19.3 Å². The first-order valence-corrected chi connectivity index (χ1v) is 6.59. The van der Waals surface area contributed by atoms with Gasteiger partial charge in [0.15, 0.2) is 0 Å². The van der Waals surface area contributed by atoms with Crippen LogP contribution in [0.4, 0.5) is 0 Å². The molecule has 0 aliphatic rings. The molecule has 1 aromatic rings. The van der Waals surface area contributed by atoms with Gasteiger partial charge in [-0.2, -0.15) is 0 Å². The van der Waals surface area contributed by atoms with Crippen molar-refractivity contribution in [2.24, 2.45) is 5.92 Å². The summed E-state index contributed by atoms with van der Waals surface area (Å²) in [5, 5.41) is 13.5. The number of hydrogen-bond donors (Lipinski definition) is 3. The van der Waals surface area contributed by atoms with E-state index in [0.29, 0.717) is 18.8 Å². The fourth-order valence-corrected chi connectivity index (χ4v) is 1.84. The van der Waals surface area contributed by atoms with E-state index in [4.69, 9.17) is 0 Å². The molecule has 0 saturated heterocycles. The van der Waals surface area contributed by atoms with Crippen LogP contribution in [0, 0.1) is 5.92 Å². The Kier molecular flexibility index (Phi) is 5.57. The van der Waals surface area contributed by atoms with E-state index in [1.54, 1.807) is 12.3 Å². The second-order valence-corrected chi connectivity index (χ2v) is 5.18. The van der Waals surface area contributed by atoms with Crippen molar-refractivity contribution in [3.05, 3.63) is 23.5 Å². The maximum Gasteiger partial charge on any atom is 0.354 e. The van der Waals surface area contributed by atoms with Crippen LogP contribution < -0.4 is 5.32 Å². The summed E-state index contributed by atoms with van der Waals surface area (Å²) in [7, 11) is 1.35. The van der Waals surface area contributed by atoms with Crippen molar-refractivity contribution in [3.63, 3.8) is 0 Å². The number of carbonyl (C=O) groups excluding carboxylic acids is 1. The largest absolute Gasteiger partial charge is 0.464 e. The monoisotopic (exact) mass is 268 g/mol. The predicted octanol–water partition coefficient (Wildman–Crippen LogP) is 1.69. The summed E-state index contributed by atoms with van der Waals surface area (Å²) in [5.41, 5.74) is 0.671. The van der Waals surface area contributed by atoms with Crippen molar-refractivity contribution >= 4 is 5.97 Å². The molecule has 0 radical (unpaired) electrons. The molecule has 1 aromatic heterocycles. The second-order valence-electron chi connectivity index (χ2n) is 5.18. The second kappa shape index (κ2) is 6.73. The maximum atomic E-state index is 11.3. The highest BCUT2D eigenvalue weighted by atomic mass is 16.5. The molecule has 0 bridgehead atoms. The van der Waals surface area contributed by atoms with Gasteiger partial charge >= 0.3 is 5.97 Å². The van der Waals surface area contributed by atoms with Crippen LogP contribution in [-0.2, 0) is 11.3 Å². The summed E-state index contributed by atoms with van der Waals surface area (Å²) < 4.78 is 4.62. The molecule has 0 amide bonds. The normalized spacial score (nSPS) is 15.8. The van der Waals surface area contributed by atoms with E-state index < -0.39 is 5.60 Å². The Morgan fingerprint density at radius 1 is 1.63 bits per heavy atom. The number of methoxy groups -OCH3 is 1. The molecule has 5 heteroatoms. The summed E-state index contributed by atoms with van der Waals surface area (Å²) >= 11 is 0. The number of hydrogen-bond acceptors (Lipinski definition) is 4. The molecule has 3 N–H and O–H groups in total. The van der Waals surface area contributed by atoms with E-state index in [0.717, 1.165) is 12.0 Å². The zero-order chi connectivity index (χ0) is 14.5. The molecule has 0 fully saturated rings. The van der Waals surface area contributed by atoms with Crippen molar-refractivity contribution in [1.82, 2.24) is 10.3 Å². The molecule has 2 unspecified atom stereocenters. The van der Waals surface area contributed by atoms with Crippen LogP contribution >= 0.6 is 0 Å². The molecule has 108 valence electrons. The molecule has 19 heavy (non-hydrogen) atoms. The van der Waals surface area contributed by atoms with Gasteiger partial charge in [0.2, 0.25) is 0 Å². The van der Waals surface area contributed by atoms with Crippen LogP contribution in [0.3, 0.4) is 0 Å². The lowest BCUT2D eigenvalue weighted by Crippen LogP contribution is -2.42. The summed E-state index contributed by atoms with van der Waals surface area (Å²) in [6.45, 7) is 7.05. The Morgan fingerprint density at radius 2 is 2.32 bits per heavy atom. The van der Waals surface area contributed by atoms with Crippen LogP contribution in [0.2, 0.25) is 0 Å². The zero-order valence-electron chi connectivity index (χ0n) is 12.1. The number of nitrogens with one attached hydrogen (secondary N) is 2. The number of rotatable bonds is 7. The Hall–Kier alpha value is -1.33. The van der Waals surface area contributed by atoms with Gasteiger partial charge in [0.25, 0.3) is 0 Å². The Labute approximate surface area is 114 Å². The first-order chi connectivity index (χ1) is 8.90. The molecular formula is C14H24N2O3. The lowest BCUT2D eigenvalue weighted by molar-refractivity contribution is 0.00534. The van der Waals surface area contributed by atoms with E-state index in [1.807, 2.05) is 13.8 Å². The van der Waals surface area contributed by atoms with Gasteiger partial charge in [0.05, 0.1) is 12.7 Å². The SMILES string of the molecule is CCC(C)C(C)(O)CNCc1c[nH]c(C(=O)OC)c1. The highest BCUT2D eigenvalue weighted by molar-refractivity contribution is 5.87. The Morgan fingerprint density at radius 3 is 2.89 bits per heavy atom. The molecule has 2 atom stereocenters. The Balaban J connectivity index is 2.45. The molecule has 1 rings (SSSR count). The van der Waals surface area contributed by atoms with Gasteiger partial charge in [-0.15, -0.1) is 0 Å². The lowest BCUT2D eigenvalue weighted by atomic mass is 9.88. The van der Waals surface area contributed by atoms with Gasteiger partial charge < -0.3 is 20.1 Å². The van der Waals surface area contributed by atoms with Crippen molar-refractivity contribution in [2.75, 3.05) is 13.7 Å². The zero-order valence-corrected chi connectivity index (χ0v) is 12.1. The maximum absolute atomic E-state index is 11.3. The number of H-pyrrole nitrogens is 1. The molecule has 0 spiro atoms. The quantitative estimate of drug-likeness (QED) is 0.658. The number of ether oxygens (including phenoxy) is 1. The van der Waals surface area contributed by atoms with Crippen molar-refractivity contribution < 1.29 is 14.6 Å². The van der Waals surface area contributed by atoms with Crippen molar-refractivity contribution in [3.8, 4) is 0 Å². The summed E-state index contributed by atoms with van der Waals surface area (Å²) in [6, 6.07) is 1.75. The first kappa shape index (κ1) is 15.7. The first-order valence-electron chi connectivity index (χ1n) is 6.59. The standard InChI is InChI=1S/C14H24N2O3/c1-5-10(2)14(3,18)9-15-7-11-6-12(16-8-11)13(17)19-4/h6,8,10,15-16,18H,5,7,9H2,1-4H3. The van der Waals surface area contributed by atoms with Crippen molar-refractivity contribution in [2.45, 2.75) is 39.3 Å². The predicted molar refractivity (Wildman–Crippen MR) is 73.9 cm³/mol. The van der Waals surface area contributed by atoms with E-state index in [2.05, 4.69) is 22.0 Å². The van der Waals surface area contributed by atoms with Crippen LogP contribution in [0.1, 0.15) is 43.2 Å². The topological polar surface area (TPSA) is 74.4 Å². The Bertz CT molecular complexity index is 413. The van der Waals surface area contributed by atoms with Gasteiger partial charge in [-0.25, -0.2) is 4.79 Å². The van der Waals surface area contributed by atoms with E-state index in [1.165, 1.54) is 7.11 Å². The van der Waals surface area contributed by atoms with Gasteiger partial charge in [-0.1, -0.05) is 20.3 Å². The summed E-state index contributed by atoms with van der Waals surface area (Å²) in [4.78, 5) is 14.1. The minimum atomic E-state index is -0.726. The molecule has 0 aromatic carbocycles. The smallest absolute Gasteiger partial charge is 0.354 e. The minimum absolute atomic E-state index is 0.233. The van der Waals surface area contributed by atoms with E-state index in [-0.39, 0.29) is 11.9 Å². The average molecular weight is 268 g/mol. The molecular weight excluding hydrogens is 244 g/mol. The molecule has 0 saturated carbocycles. The van der Waals surface area contributed by atoms with Gasteiger partial charge in [-0.3, -0.25) is 0 Å². The van der Waals surface area contributed by atoms with E-state index >= 15 is 0 Å². The highest BCUT2D eigenvalue weighted by Crippen LogP contribution is 2.19. The summed E-state index contributed by atoms with van der Waals surface area (Å²) in [6.07, 6.45) is 2.70. The van der Waals surface area contributed by atoms with Crippen molar-refractivity contribution in [1.29, 1.82) is 0 Å². The average Bonchev–Trinajstić information content (AvgIpc) is 2.85. The van der Waals surface area contributed by atoms with Crippen LogP contribution in [0.5, 0.6) is 0 Å². The minimum Gasteiger partial charge on any atom is -0.464 e. The highest BCUT2D eigenvalue weighted by Gasteiger charge is 2.26. The van der Waals surface area contributed by atoms with Crippen LogP contribution in [-0.4, -0.2) is 35.3 Å². The number of carbonyl (C=O) groups is 1. The third kappa shape index (κ3) is 4.36. The third-order valence-electron chi connectivity index (χ3n) is 3.63. The fourth-order valence-electron chi connectivity index (χ4n) is 1.84. The number of aromatic nitrogens is 1. The van der Waals surface area contributed by atoms with E-state index in [9.17, 15) is 9.90 Å². The number of aliphatic hydroxyl groups is 1.